The van der Waals surface area contributed by atoms with E-state index in [-0.39, 0.29) is 50.0 Å². The summed E-state index contributed by atoms with van der Waals surface area (Å²) in [6.45, 7) is 1.65. The second-order valence-corrected chi connectivity index (χ2v) is 19.9. The van der Waals surface area contributed by atoms with Crippen molar-refractivity contribution in [1.29, 1.82) is 0 Å². The highest BCUT2D eigenvalue weighted by atomic mass is 32.2. The van der Waals surface area contributed by atoms with Crippen molar-refractivity contribution in [3.05, 3.63) is 103 Å². The molecule has 7 rings (SSSR count). The number of phenols is 2. The number of aryl methyl sites for hydroxylation is 1. The Balaban J connectivity index is 1.11. The Morgan fingerprint density at radius 1 is 0.478 bits per heavy atom. The third-order valence-electron chi connectivity index (χ3n) is 9.82. The number of nitrogens with zero attached hydrogens (tertiary/aromatic N) is 6. The number of phenolic OH excluding ortho intramolecular Hbond substituents is 2. The number of anilines is 2. The number of ether oxygens (including phenoxy) is 1. The highest BCUT2D eigenvalue weighted by Gasteiger charge is 2.27. The second kappa shape index (κ2) is 17.4. The number of nitrogens with two attached hydrogens (primary N) is 2. The molecule has 67 heavy (non-hydrogen) atoms. The van der Waals surface area contributed by atoms with Gasteiger partial charge in [-0.2, -0.15) is 49.0 Å². The van der Waals surface area contributed by atoms with Crippen molar-refractivity contribution in [1.82, 2.24) is 0 Å². The lowest BCUT2D eigenvalue weighted by atomic mass is 10.1. The predicted octanol–water partition coefficient (Wildman–Crippen LogP) is 8.79. The Morgan fingerprint density at radius 2 is 0.866 bits per heavy atom. The quantitative estimate of drug-likeness (QED) is 0.0322. The smallest absolute Gasteiger partial charge is 0.296 e. The lowest BCUT2D eigenvalue weighted by Crippen LogP contribution is -2.02. The van der Waals surface area contributed by atoms with Crippen LogP contribution in [0.25, 0.3) is 32.7 Å². The van der Waals surface area contributed by atoms with Crippen LogP contribution in [0, 0.1) is 6.92 Å². The van der Waals surface area contributed by atoms with Gasteiger partial charge >= 0.3 is 0 Å². The summed E-state index contributed by atoms with van der Waals surface area (Å²) in [5.74, 6) is -1.61. The van der Waals surface area contributed by atoms with Crippen LogP contribution in [0.2, 0.25) is 0 Å². The van der Waals surface area contributed by atoms with Gasteiger partial charge in [-0.05, 0) is 101 Å². The van der Waals surface area contributed by atoms with Crippen molar-refractivity contribution in [3.8, 4) is 28.4 Å². The largest absolute Gasteiger partial charge is 0.505 e. The first-order valence-corrected chi connectivity index (χ1v) is 24.2. The highest BCUT2D eigenvalue weighted by Crippen LogP contribution is 2.47. The van der Waals surface area contributed by atoms with E-state index in [0.29, 0.717) is 22.5 Å². The molecule has 0 aliphatic rings. The third-order valence-corrected chi connectivity index (χ3v) is 13.2. The van der Waals surface area contributed by atoms with E-state index >= 15 is 0 Å². The number of hydrogen-bond acceptors (Lipinski definition) is 19. The Kier molecular flexibility index (Phi) is 12.3. The zero-order valence-electron chi connectivity index (χ0n) is 34.1. The molecule has 0 heterocycles. The molecular formula is C40H32N8O15S4. The minimum Gasteiger partial charge on any atom is -0.505 e. The van der Waals surface area contributed by atoms with Crippen LogP contribution >= 0.6 is 0 Å². The van der Waals surface area contributed by atoms with Crippen molar-refractivity contribution in [3.63, 3.8) is 0 Å². The normalized spacial score (nSPS) is 12.9. The number of benzene rings is 7. The first-order chi connectivity index (χ1) is 31.2. The van der Waals surface area contributed by atoms with Crippen LogP contribution in [0.4, 0.5) is 45.5 Å². The maximum Gasteiger partial charge on any atom is 0.296 e. The van der Waals surface area contributed by atoms with Crippen molar-refractivity contribution >= 4 is 108 Å². The van der Waals surface area contributed by atoms with Crippen molar-refractivity contribution in [2.45, 2.75) is 26.5 Å². The van der Waals surface area contributed by atoms with E-state index in [2.05, 4.69) is 30.7 Å². The summed E-state index contributed by atoms with van der Waals surface area (Å²) in [5.41, 5.74) is 12.7. The molecule has 23 nitrogen and oxygen atoms in total. The summed E-state index contributed by atoms with van der Waals surface area (Å²) in [7, 11) is -18.4. The first kappa shape index (κ1) is 47.5. The van der Waals surface area contributed by atoms with E-state index in [0.717, 1.165) is 42.0 Å². The van der Waals surface area contributed by atoms with Crippen LogP contribution in [0.3, 0.4) is 0 Å². The van der Waals surface area contributed by atoms with Crippen LogP contribution in [0.15, 0.2) is 147 Å². The molecule has 0 radical (unpaired) electrons. The maximum absolute atomic E-state index is 12.4. The van der Waals surface area contributed by atoms with E-state index in [1.165, 1.54) is 31.4 Å². The number of fused-ring (bicyclic) bond motifs is 2. The fourth-order valence-corrected chi connectivity index (χ4v) is 9.06. The van der Waals surface area contributed by atoms with Gasteiger partial charge in [-0.1, -0.05) is 24.3 Å². The van der Waals surface area contributed by atoms with Crippen LogP contribution in [-0.4, -0.2) is 69.2 Å². The number of methoxy groups -OCH3 is 1. The Labute approximate surface area is 379 Å². The number of aromatic hydroxyl groups is 2. The van der Waals surface area contributed by atoms with E-state index in [1.54, 1.807) is 43.3 Å². The van der Waals surface area contributed by atoms with Crippen LogP contribution in [-0.2, 0) is 40.5 Å². The molecule has 7 aromatic carbocycles. The molecule has 10 N–H and O–H groups in total. The molecule has 0 saturated carbocycles. The van der Waals surface area contributed by atoms with Gasteiger partial charge in [0, 0.05) is 28.2 Å². The molecule has 27 heteroatoms. The highest BCUT2D eigenvalue weighted by molar-refractivity contribution is 7.86. The van der Waals surface area contributed by atoms with E-state index in [9.17, 15) is 62.1 Å². The summed E-state index contributed by atoms with van der Waals surface area (Å²) in [6.07, 6.45) is 0. The monoisotopic (exact) mass is 992 g/mol. The average molecular weight is 993 g/mol. The number of nitrogen functional groups attached to an aromatic ring is 2. The Hall–Kier alpha value is -7.50. The number of hydrogen-bond donors (Lipinski definition) is 8. The Bertz CT molecular complexity index is 3780. The topological polar surface area (TPSA) is 393 Å². The average Bonchev–Trinajstić information content (AvgIpc) is 3.23. The minimum atomic E-state index is -5.11. The molecule has 0 saturated heterocycles. The summed E-state index contributed by atoms with van der Waals surface area (Å²) in [4.78, 5) is -3.24. The summed E-state index contributed by atoms with van der Waals surface area (Å²) >= 11 is 0. The Morgan fingerprint density at radius 3 is 1.25 bits per heavy atom. The maximum atomic E-state index is 12.4. The molecule has 346 valence electrons. The third kappa shape index (κ3) is 9.88. The van der Waals surface area contributed by atoms with Gasteiger partial charge < -0.3 is 26.4 Å². The van der Waals surface area contributed by atoms with Gasteiger partial charge in [0.15, 0.2) is 11.5 Å². The summed E-state index contributed by atoms with van der Waals surface area (Å²) in [6, 6.07) is 21.2. The molecule has 0 atom stereocenters. The molecule has 0 spiro atoms. The first-order valence-electron chi connectivity index (χ1n) is 18.5. The second-order valence-electron chi connectivity index (χ2n) is 14.3. The predicted molar refractivity (Wildman–Crippen MR) is 241 cm³/mol. The fraction of sp³-hybridized carbons (Fsp3) is 0.0500. The van der Waals surface area contributed by atoms with E-state index < -0.39 is 82.9 Å². The summed E-state index contributed by atoms with van der Waals surface area (Å²) in [5, 5.41) is 45.4. The molecule has 0 aliphatic heterocycles. The van der Waals surface area contributed by atoms with Gasteiger partial charge in [0.25, 0.3) is 40.5 Å². The van der Waals surface area contributed by atoms with Gasteiger partial charge in [0.1, 0.15) is 32.6 Å². The van der Waals surface area contributed by atoms with Crippen LogP contribution < -0.4 is 16.2 Å². The minimum absolute atomic E-state index is 0.0327. The standard InChI is InChI=1S/C40H32N8O15S4/c1-19-11-31(46-48-38-34(67(60,61)62)15-23-13-27(65(54,55)56)17-29(42)36(23)40(38)50)32(63-2)18-30(19)45-43-24-7-3-20(4-8-24)21-5-9-25(10-6-21)44-47-37-33(66(57,58)59)14-22-12-26(64(51,52)53)16-28(41)35(22)39(37)49/h3-18,49-50H,41-42H2,1-2H3,(H,51,52,53)(H,54,55,56)(H,57,58,59)(H,60,61,62). The fourth-order valence-electron chi connectivity index (χ4n) is 6.64. The van der Waals surface area contributed by atoms with Gasteiger partial charge in [-0.15, -0.1) is 15.3 Å². The lowest BCUT2D eigenvalue weighted by Gasteiger charge is -2.12. The molecule has 0 amide bonds. The van der Waals surface area contributed by atoms with Crippen LogP contribution in [0.5, 0.6) is 17.2 Å². The SMILES string of the molecule is COc1cc(N=Nc2ccc(-c3ccc(N=Nc4c(S(=O)(=O)O)cc5cc(S(=O)(=O)O)cc(N)c5c4O)cc3)cc2)c(C)cc1N=Nc1c(S(=O)(=O)O)cc2cc(S(=O)(=O)O)cc(N)c2c1O. The van der Waals surface area contributed by atoms with Gasteiger partial charge in [0.2, 0.25) is 0 Å². The van der Waals surface area contributed by atoms with Crippen molar-refractivity contribution < 1.29 is 66.8 Å². The van der Waals surface area contributed by atoms with Crippen LogP contribution in [0.1, 0.15) is 5.56 Å². The van der Waals surface area contributed by atoms with Crippen molar-refractivity contribution in [2.75, 3.05) is 18.6 Å². The zero-order chi connectivity index (χ0) is 49.0. The molecule has 7 aromatic rings. The van der Waals surface area contributed by atoms with Gasteiger partial charge in [0.05, 0.1) is 34.0 Å². The lowest BCUT2D eigenvalue weighted by molar-refractivity contribution is 0.416. The molecule has 0 unspecified atom stereocenters. The van der Waals surface area contributed by atoms with E-state index in [4.69, 9.17) is 16.2 Å². The van der Waals surface area contributed by atoms with E-state index in [1.807, 2.05) is 0 Å². The number of rotatable bonds is 12. The molecule has 0 aromatic heterocycles. The zero-order valence-corrected chi connectivity index (χ0v) is 37.3. The molecule has 0 fully saturated rings. The van der Waals surface area contributed by atoms with Crippen molar-refractivity contribution in [2.24, 2.45) is 30.7 Å². The van der Waals surface area contributed by atoms with Gasteiger partial charge in [-0.3, -0.25) is 18.2 Å². The molecular weight excluding hydrogens is 961 g/mol. The van der Waals surface area contributed by atoms with Gasteiger partial charge in [-0.25, -0.2) is 0 Å². The summed E-state index contributed by atoms with van der Waals surface area (Å²) < 4.78 is 140. The molecule has 0 aliphatic carbocycles. The number of azo groups is 3. The molecule has 0 bridgehead atoms.